The van der Waals surface area contributed by atoms with Crippen molar-refractivity contribution >= 4 is 33.4 Å². The first-order chi connectivity index (χ1) is 16.0. The number of aromatic nitrogens is 5. The van der Waals surface area contributed by atoms with Crippen LogP contribution >= 0.6 is 11.3 Å². The fourth-order valence-electron chi connectivity index (χ4n) is 3.27. The lowest BCUT2D eigenvalue weighted by Gasteiger charge is -2.09. The number of amides is 1. The average molecular weight is 494 g/mol. The number of alkyl halides is 3. The number of hydrogen-bond donors (Lipinski definition) is 1. The number of carbonyl (C=O) groups is 1. The van der Waals surface area contributed by atoms with Gasteiger partial charge in [0.2, 0.25) is 5.91 Å². The van der Waals surface area contributed by atoms with Gasteiger partial charge in [0, 0.05) is 25.0 Å². The van der Waals surface area contributed by atoms with Gasteiger partial charge in [-0.15, -0.1) is 11.3 Å². The number of hydrogen-bond acceptors (Lipinski definition) is 7. The molecule has 0 aliphatic carbocycles. The highest BCUT2D eigenvalue weighted by atomic mass is 32.1. The number of carbonyl (C=O) groups excluding carboxylic acids is 1. The lowest BCUT2D eigenvalue weighted by molar-refractivity contribution is -0.140. The van der Waals surface area contributed by atoms with E-state index in [1.807, 2.05) is 0 Å². The van der Waals surface area contributed by atoms with Crippen molar-refractivity contribution in [3.8, 4) is 11.3 Å². The zero-order chi connectivity index (χ0) is 24.8. The topological polar surface area (TPSA) is 112 Å². The van der Waals surface area contributed by atoms with E-state index in [-0.39, 0.29) is 39.5 Å². The molecule has 4 aromatic rings. The van der Waals surface area contributed by atoms with Gasteiger partial charge in [0.15, 0.2) is 10.8 Å². The second kappa shape index (κ2) is 8.44. The minimum absolute atomic E-state index is 0.00747. The van der Waals surface area contributed by atoms with E-state index in [1.54, 1.807) is 0 Å². The fourth-order valence-corrected chi connectivity index (χ4v) is 4.01. The Balaban J connectivity index is 1.59. The van der Waals surface area contributed by atoms with Crippen molar-refractivity contribution in [1.82, 2.24) is 24.1 Å². The molecule has 3 heterocycles. The summed E-state index contributed by atoms with van der Waals surface area (Å²) in [7, 11) is 2.72. The first-order valence-corrected chi connectivity index (χ1v) is 10.4. The quantitative estimate of drug-likeness (QED) is 0.437. The lowest BCUT2D eigenvalue weighted by atomic mass is 10.1. The monoisotopic (exact) mass is 494 g/mol. The van der Waals surface area contributed by atoms with Gasteiger partial charge in [0.05, 0.1) is 23.4 Å². The van der Waals surface area contributed by atoms with Gasteiger partial charge in [0.1, 0.15) is 17.5 Å². The summed E-state index contributed by atoms with van der Waals surface area (Å²) < 4.78 is 54.5. The Morgan fingerprint density at radius 2 is 1.88 bits per heavy atom. The minimum atomic E-state index is -4.87. The Labute approximate surface area is 191 Å². The van der Waals surface area contributed by atoms with Gasteiger partial charge in [-0.3, -0.25) is 18.7 Å². The molecule has 0 bridgehead atoms. The smallest absolute Gasteiger partial charge is 0.302 e. The molecule has 4 rings (SSSR count). The lowest BCUT2D eigenvalue weighted by Crippen LogP contribution is -2.38. The predicted octanol–water partition coefficient (Wildman–Crippen LogP) is 2.49. The Kier molecular flexibility index (Phi) is 5.77. The van der Waals surface area contributed by atoms with Crippen LogP contribution in [0.5, 0.6) is 0 Å². The Bertz CT molecular complexity index is 1560. The molecule has 0 unspecified atom stereocenters. The van der Waals surface area contributed by atoms with Crippen LogP contribution < -0.4 is 16.6 Å². The number of rotatable bonds is 4. The molecular weight excluding hydrogens is 480 g/mol. The second-order valence-electron chi connectivity index (χ2n) is 7.18. The van der Waals surface area contributed by atoms with Crippen LogP contribution in [-0.4, -0.2) is 30.0 Å². The van der Waals surface area contributed by atoms with Crippen molar-refractivity contribution < 1.29 is 22.4 Å². The van der Waals surface area contributed by atoms with Crippen LogP contribution in [0.25, 0.3) is 22.3 Å². The molecule has 0 saturated carbocycles. The number of benzene rings is 1. The Morgan fingerprint density at radius 3 is 2.59 bits per heavy atom. The average Bonchev–Trinajstić information content (AvgIpc) is 3.23. The zero-order valence-corrected chi connectivity index (χ0v) is 18.3. The third-order valence-electron chi connectivity index (χ3n) is 4.96. The van der Waals surface area contributed by atoms with Gasteiger partial charge in [0.25, 0.3) is 5.56 Å². The number of fused-ring (bicyclic) bond motifs is 1. The summed E-state index contributed by atoms with van der Waals surface area (Å²) >= 11 is 0.952. The van der Waals surface area contributed by atoms with Crippen LogP contribution in [0.15, 0.2) is 39.5 Å². The summed E-state index contributed by atoms with van der Waals surface area (Å²) in [5, 5.41) is 3.99. The maximum atomic E-state index is 13.5. The maximum Gasteiger partial charge on any atom is 0.419 e. The molecule has 0 aliphatic heterocycles. The van der Waals surface area contributed by atoms with Crippen molar-refractivity contribution in [2.75, 3.05) is 5.32 Å². The van der Waals surface area contributed by atoms with Gasteiger partial charge >= 0.3 is 11.9 Å². The molecule has 0 spiro atoms. The normalized spacial score (nSPS) is 11.7. The molecule has 0 aliphatic rings. The first-order valence-electron chi connectivity index (χ1n) is 9.49. The SMILES string of the molecule is Cn1c(=O)c2c(CC(=O)Nc3nc(-c4ccc(F)c(C(F)(F)F)c4)cs3)ncnc2n(C)c1=O. The van der Waals surface area contributed by atoms with Crippen LogP contribution in [0.3, 0.4) is 0 Å². The van der Waals surface area contributed by atoms with Crippen molar-refractivity contribution in [3.63, 3.8) is 0 Å². The number of nitrogens with zero attached hydrogens (tertiary/aromatic N) is 5. The maximum absolute atomic E-state index is 13.5. The van der Waals surface area contributed by atoms with Crippen LogP contribution in [0, 0.1) is 5.82 Å². The van der Waals surface area contributed by atoms with E-state index < -0.39 is 34.7 Å². The molecule has 176 valence electrons. The highest BCUT2D eigenvalue weighted by Gasteiger charge is 2.34. The molecule has 34 heavy (non-hydrogen) atoms. The van der Waals surface area contributed by atoms with E-state index in [0.717, 1.165) is 32.9 Å². The number of halogens is 4. The van der Waals surface area contributed by atoms with E-state index in [1.165, 1.54) is 19.5 Å². The fraction of sp³-hybridized carbons (Fsp3) is 0.200. The highest BCUT2D eigenvalue weighted by molar-refractivity contribution is 7.14. The highest BCUT2D eigenvalue weighted by Crippen LogP contribution is 2.35. The molecule has 0 fully saturated rings. The van der Waals surface area contributed by atoms with E-state index in [0.29, 0.717) is 12.1 Å². The zero-order valence-electron chi connectivity index (χ0n) is 17.5. The van der Waals surface area contributed by atoms with Crippen molar-refractivity contribution in [1.29, 1.82) is 0 Å². The Hall–Kier alpha value is -3.94. The van der Waals surface area contributed by atoms with Gasteiger partial charge in [-0.1, -0.05) is 0 Å². The molecule has 1 amide bonds. The van der Waals surface area contributed by atoms with Crippen molar-refractivity contribution in [3.05, 3.63) is 67.8 Å². The predicted molar refractivity (Wildman–Crippen MR) is 115 cm³/mol. The summed E-state index contributed by atoms with van der Waals surface area (Å²) in [5.41, 5.74) is -2.37. The summed E-state index contributed by atoms with van der Waals surface area (Å²) in [4.78, 5) is 49.3. The van der Waals surface area contributed by atoms with Crippen LogP contribution in [-0.2, 0) is 31.5 Å². The van der Waals surface area contributed by atoms with E-state index in [9.17, 15) is 31.9 Å². The van der Waals surface area contributed by atoms with Crippen LogP contribution in [0.4, 0.5) is 22.7 Å². The molecule has 0 atom stereocenters. The number of nitrogens with one attached hydrogen (secondary N) is 1. The molecule has 1 aromatic carbocycles. The second-order valence-corrected chi connectivity index (χ2v) is 8.04. The third-order valence-corrected chi connectivity index (χ3v) is 5.72. The van der Waals surface area contributed by atoms with Crippen LogP contribution in [0.2, 0.25) is 0 Å². The number of thiazole rings is 1. The molecule has 0 saturated heterocycles. The van der Waals surface area contributed by atoms with E-state index >= 15 is 0 Å². The molecule has 0 radical (unpaired) electrons. The van der Waals surface area contributed by atoms with Gasteiger partial charge in [-0.05, 0) is 18.2 Å². The van der Waals surface area contributed by atoms with Crippen molar-refractivity contribution in [2.45, 2.75) is 12.6 Å². The molecule has 9 nitrogen and oxygen atoms in total. The summed E-state index contributed by atoms with van der Waals surface area (Å²) in [5.74, 6) is -2.01. The molecular formula is C20H14F4N6O3S. The number of aryl methyl sites for hydroxylation is 1. The minimum Gasteiger partial charge on any atom is -0.302 e. The molecule has 14 heteroatoms. The van der Waals surface area contributed by atoms with Gasteiger partial charge in [-0.2, -0.15) is 13.2 Å². The van der Waals surface area contributed by atoms with Crippen molar-refractivity contribution in [2.24, 2.45) is 14.1 Å². The standard InChI is InChI=1S/C20H14F4N6O3S/c1-29-16-15(17(32)30(2)19(29)33)12(25-8-26-16)6-14(31)28-18-27-13(7-34-18)9-3-4-11(21)10(5-9)20(22,23)24/h3-5,7-8H,6H2,1-2H3,(H,27,28,31). The van der Waals surface area contributed by atoms with E-state index in [2.05, 4.69) is 20.3 Å². The largest absolute Gasteiger partial charge is 0.419 e. The summed E-state index contributed by atoms with van der Waals surface area (Å²) in [6, 6.07) is 2.49. The summed E-state index contributed by atoms with van der Waals surface area (Å²) in [6.07, 6.45) is -4.09. The Morgan fingerprint density at radius 1 is 1.15 bits per heavy atom. The molecule has 1 N–H and O–H groups in total. The number of anilines is 1. The van der Waals surface area contributed by atoms with E-state index in [4.69, 9.17) is 0 Å². The first kappa shape index (κ1) is 23.2. The molecule has 3 aromatic heterocycles. The van der Waals surface area contributed by atoms with Gasteiger partial charge < -0.3 is 5.32 Å². The summed E-state index contributed by atoms with van der Waals surface area (Å²) in [6.45, 7) is 0. The van der Waals surface area contributed by atoms with Crippen LogP contribution in [0.1, 0.15) is 11.3 Å². The third kappa shape index (κ3) is 4.19. The van der Waals surface area contributed by atoms with Gasteiger partial charge in [-0.25, -0.2) is 24.1 Å².